The van der Waals surface area contributed by atoms with Gasteiger partial charge in [-0.2, -0.15) is 0 Å². The highest BCUT2D eigenvalue weighted by Crippen LogP contribution is 2.24. The number of ether oxygens (including phenoxy) is 1. The zero-order valence-corrected chi connectivity index (χ0v) is 18.0. The molecule has 1 aliphatic rings. The molecule has 0 radical (unpaired) electrons. The van der Waals surface area contributed by atoms with Gasteiger partial charge >= 0.3 is 5.97 Å². The van der Waals surface area contributed by atoms with Gasteiger partial charge in [0.05, 0.1) is 13.0 Å². The van der Waals surface area contributed by atoms with Crippen LogP contribution < -0.4 is 10.6 Å². The third kappa shape index (κ3) is 6.64. The number of guanidine groups is 1. The zero-order valence-electron chi connectivity index (χ0n) is 15.7. The molecule has 2 unspecified atom stereocenters. The lowest BCUT2D eigenvalue weighted by atomic mass is 9.99. The molecular weight excluding hydrogens is 466 g/mol. The Morgan fingerprint density at radius 2 is 2.11 bits per heavy atom. The van der Waals surface area contributed by atoms with Crippen molar-refractivity contribution < 1.29 is 18.7 Å². The molecular formula is C18H26FIN4O3. The van der Waals surface area contributed by atoms with Crippen LogP contribution in [0.5, 0.6) is 0 Å². The third-order valence-corrected chi connectivity index (χ3v) is 4.23. The lowest BCUT2D eigenvalue weighted by Gasteiger charge is -2.21. The molecule has 1 amide bonds. The number of rotatable bonds is 5. The van der Waals surface area contributed by atoms with Gasteiger partial charge in [-0.25, -0.2) is 9.38 Å². The summed E-state index contributed by atoms with van der Waals surface area (Å²) >= 11 is 0. The van der Waals surface area contributed by atoms with Crippen molar-refractivity contribution in [3.8, 4) is 0 Å². The molecule has 150 valence electrons. The number of anilines is 1. The number of methoxy groups -OCH3 is 1. The number of halogens is 2. The monoisotopic (exact) mass is 492 g/mol. The molecule has 0 aliphatic carbocycles. The maximum absolute atomic E-state index is 13.2. The Kier molecular flexibility index (Phi) is 9.47. The van der Waals surface area contributed by atoms with Gasteiger partial charge in [0.1, 0.15) is 12.4 Å². The van der Waals surface area contributed by atoms with Gasteiger partial charge in [0.25, 0.3) is 0 Å². The largest absolute Gasteiger partial charge is 0.469 e. The van der Waals surface area contributed by atoms with Crippen LogP contribution in [0.2, 0.25) is 0 Å². The van der Waals surface area contributed by atoms with Gasteiger partial charge in [-0.05, 0) is 31.0 Å². The highest BCUT2D eigenvalue weighted by Gasteiger charge is 2.36. The first-order valence-corrected chi connectivity index (χ1v) is 8.61. The molecule has 2 atom stereocenters. The van der Waals surface area contributed by atoms with Gasteiger partial charge in [0.2, 0.25) is 5.91 Å². The van der Waals surface area contributed by atoms with E-state index in [4.69, 9.17) is 4.74 Å². The van der Waals surface area contributed by atoms with Gasteiger partial charge < -0.3 is 20.3 Å². The number of likely N-dealkylation sites (tertiary alicyclic amines) is 1. The molecule has 0 bridgehead atoms. The van der Waals surface area contributed by atoms with Crippen molar-refractivity contribution in [1.82, 2.24) is 10.2 Å². The summed E-state index contributed by atoms with van der Waals surface area (Å²) in [5.41, 5.74) is 0.385. The average Bonchev–Trinajstić information content (AvgIpc) is 2.99. The van der Waals surface area contributed by atoms with E-state index in [1.165, 1.54) is 25.3 Å². The fraction of sp³-hybridized carbons (Fsp3) is 0.500. The molecule has 0 aromatic heterocycles. The maximum Gasteiger partial charge on any atom is 0.310 e. The Morgan fingerprint density at radius 3 is 2.74 bits per heavy atom. The Hall–Kier alpha value is -1.91. The van der Waals surface area contributed by atoms with Crippen LogP contribution in [0.3, 0.4) is 0 Å². The van der Waals surface area contributed by atoms with Crippen LogP contribution >= 0.6 is 24.0 Å². The van der Waals surface area contributed by atoms with Crippen molar-refractivity contribution in [2.45, 2.75) is 13.8 Å². The lowest BCUT2D eigenvalue weighted by molar-refractivity contribution is -0.146. The molecule has 0 saturated carbocycles. The topological polar surface area (TPSA) is 83.0 Å². The van der Waals surface area contributed by atoms with Gasteiger partial charge in [0, 0.05) is 25.3 Å². The van der Waals surface area contributed by atoms with E-state index in [1.807, 2.05) is 18.7 Å². The standard InChI is InChI=1S/C18H25FN4O3.HI/c1-4-20-18(23-10-12(2)15(11-23)17(25)26-3)21-9-16(24)22-14-7-5-6-13(19)8-14;/h5-8,12,15H,4,9-11H2,1-3H3,(H,20,21)(H,22,24);1H. The van der Waals surface area contributed by atoms with Crippen LogP contribution in [0, 0.1) is 17.7 Å². The molecule has 1 aromatic rings. The van der Waals surface area contributed by atoms with E-state index in [9.17, 15) is 14.0 Å². The second kappa shape index (κ2) is 11.1. The lowest BCUT2D eigenvalue weighted by Crippen LogP contribution is -2.41. The number of aliphatic imine (C=N–C) groups is 1. The summed E-state index contributed by atoms with van der Waals surface area (Å²) in [7, 11) is 1.38. The second-order valence-corrected chi connectivity index (χ2v) is 6.24. The number of esters is 1. The molecule has 9 heteroatoms. The van der Waals surface area contributed by atoms with Crippen LogP contribution in [0.1, 0.15) is 13.8 Å². The Balaban J connectivity index is 0.00000364. The molecule has 0 spiro atoms. The summed E-state index contributed by atoms with van der Waals surface area (Å²) in [6.45, 7) is 5.59. The van der Waals surface area contributed by atoms with Gasteiger partial charge in [-0.15, -0.1) is 24.0 Å². The minimum atomic E-state index is -0.417. The number of benzene rings is 1. The molecule has 2 N–H and O–H groups in total. The van der Waals surface area contributed by atoms with E-state index in [-0.39, 0.29) is 54.2 Å². The first-order valence-electron chi connectivity index (χ1n) is 8.61. The summed E-state index contributed by atoms with van der Waals surface area (Å²) in [4.78, 5) is 30.2. The van der Waals surface area contributed by atoms with E-state index in [2.05, 4.69) is 15.6 Å². The normalized spacial score (nSPS) is 19.3. The smallest absolute Gasteiger partial charge is 0.310 e. The Bertz CT molecular complexity index is 686. The van der Waals surface area contributed by atoms with Crippen molar-refractivity contribution in [3.63, 3.8) is 0 Å². The SMILES string of the molecule is CCNC(=NCC(=O)Nc1cccc(F)c1)N1CC(C)C(C(=O)OC)C1.I. The van der Waals surface area contributed by atoms with Crippen molar-refractivity contribution in [2.24, 2.45) is 16.8 Å². The molecule has 1 fully saturated rings. The number of amides is 1. The Morgan fingerprint density at radius 1 is 1.37 bits per heavy atom. The highest BCUT2D eigenvalue weighted by atomic mass is 127. The highest BCUT2D eigenvalue weighted by molar-refractivity contribution is 14.0. The minimum absolute atomic E-state index is 0. The number of nitrogens with zero attached hydrogens (tertiary/aromatic N) is 2. The van der Waals surface area contributed by atoms with Crippen molar-refractivity contribution in [3.05, 3.63) is 30.1 Å². The molecule has 1 aliphatic heterocycles. The van der Waals surface area contributed by atoms with Crippen molar-refractivity contribution >= 4 is 47.5 Å². The summed E-state index contributed by atoms with van der Waals surface area (Å²) < 4.78 is 18.0. The van der Waals surface area contributed by atoms with Crippen molar-refractivity contribution in [1.29, 1.82) is 0 Å². The number of nitrogens with one attached hydrogen (secondary N) is 2. The predicted octanol–water partition coefficient (Wildman–Crippen LogP) is 2.09. The fourth-order valence-corrected chi connectivity index (χ4v) is 2.94. The molecule has 27 heavy (non-hydrogen) atoms. The average molecular weight is 492 g/mol. The number of carbonyl (C=O) groups excluding carboxylic acids is 2. The maximum atomic E-state index is 13.2. The fourth-order valence-electron chi connectivity index (χ4n) is 2.94. The van der Waals surface area contributed by atoms with Gasteiger partial charge in [0.15, 0.2) is 5.96 Å². The van der Waals surface area contributed by atoms with Crippen LogP contribution in [-0.2, 0) is 14.3 Å². The predicted molar refractivity (Wildman–Crippen MR) is 113 cm³/mol. The molecule has 7 nitrogen and oxygen atoms in total. The number of hydrogen-bond donors (Lipinski definition) is 2. The number of carbonyl (C=O) groups is 2. The summed E-state index contributed by atoms with van der Waals surface area (Å²) in [5, 5.41) is 5.74. The van der Waals surface area contributed by atoms with E-state index >= 15 is 0 Å². The molecule has 2 rings (SSSR count). The first kappa shape index (κ1) is 23.1. The van der Waals surface area contributed by atoms with Crippen LogP contribution in [0.4, 0.5) is 10.1 Å². The summed E-state index contributed by atoms with van der Waals surface area (Å²) in [5.74, 6) is -0.514. The second-order valence-electron chi connectivity index (χ2n) is 6.24. The van der Waals surface area contributed by atoms with E-state index in [1.54, 1.807) is 6.07 Å². The van der Waals surface area contributed by atoms with Crippen molar-refractivity contribution in [2.75, 3.05) is 38.6 Å². The van der Waals surface area contributed by atoms with E-state index in [0.29, 0.717) is 31.3 Å². The Labute approximate surface area is 175 Å². The zero-order chi connectivity index (χ0) is 19.1. The summed E-state index contributed by atoms with van der Waals surface area (Å²) in [6, 6.07) is 5.69. The molecule has 1 heterocycles. The first-order chi connectivity index (χ1) is 12.4. The summed E-state index contributed by atoms with van der Waals surface area (Å²) in [6.07, 6.45) is 0. The van der Waals surface area contributed by atoms with E-state index < -0.39 is 5.82 Å². The quantitative estimate of drug-likeness (QED) is 0.285. The molecule has 1 saturated heterocycles. The van der Waals surface area contributed by atoms with E-state index in [0.717, 1.165) is 0 Å². The van der Waals surface area contributed by atoms with Gasteiger partial charge in [-0.3, -0.25) is 9.59 Å². The third-order valence-electron chi connectivity index (χ3n) is 4.23. The van der Waals surface area contributed by atoms with Crippen LogP contribution in [-0.4, -0.2) is 56.0 Å². The molecule has 1 aromatic carbocycles. The minimum Gasteiger partial charge on any atom is -0.469 e. The van der Waals surface area contributed by atoms with Crippen LogP contribution in [0.25, 0.3) is 0 Å². The van der Waals surface area contributed by atoms with Gasteiger partial charge in [-0.1, -0.05) is 13.0 Å². The number of hydrogen-bond acceptors (Lipinski definition) is 4. The van der Waals surface area contributed by atoms with Crippen LogP contribution in [0.15, 0.2) is 29.3 Å².